The Labute approximate surface area is 108 Å². The molecule has 1 fully saturated rings. The summed E-state index contributed by atoms with van der Waals surface area (Å²) in [5.41, 5.74) is 2.43. The molecular formula is C15H19N3. The van der Waals surface area contributed by atoms with Crippen molar-refractivity contribution < 1.29 is 0 Å². The van der Waals surface area contributed by atoms with Crippen LogP contribution >= 0.6 is 0 Å². The summed E-state index contributed by atoms with van der Waals surface area (Å²) in [5.74, 6) is 0. The standard InChI is InChI=1S/C15H19N3/c1-2-4-15-14(3-1)11-13(12-17-15)5-8-18-9-6-16-7-10-18/h1-4,11-12,16H,5-10H2. The lowest BCUT2D eigenvalue weighted by Crippen LogP contribution is -2.44. The zero-order valence-corrected chi connectivity index (χ0v) is 10.6. The molecule has 1 aliphatic rings. The highest BCUT2D eigenvalue weighted by Crippen LogP contribution is 2.13. The summed E-state index contributed by atoms with van der Waals surface area (Å²) in [6, 6.07) is 10.6. The van der Waals surface area contributed by atoms with Crippen molar-refractivity contribution >= 4 is 10.9 Å². The molecule has 0 atom stereocenters. The summed E-state index contributed by atoms with van der Waals surface area (Å²) in [6.45, 7) is 5.72. The van der Waals surface area contributed by atoms with E-state index in [4.69, 9.17) is 0 Å². The van der Waals surface area contributed by atoms with E-state index in [1.807, 2.05) is 12.3 Å². The molecule has 2 aromatic rings. The molecule has 0 unspecified atom stereocenters. The number of hydrogen-bond acceptors (Lipinski definition) is 3. The van der Waals surface area contributed by atoms with Crippen molar-refractivity contribution in [2.24, 2.45) is 0 Å². The number of aromatic nitrogens is 1. The van der Waals surface area contributed by atoms with Gasteiger partial charge in [-0.3, -0.25) is 4.98 Å². The van der Waals surface area contributed by atoms with E-state index in [0.717, 1.165) is 31.6 Å². The second-order valence-corrected chi connectivity index (χ2v) is 4.88. The Balaban J connectivity index is 1.66. The molecule has 1 aliphatic heterocycles. The van der Waals surface area contributed by atoms with E-state index in [0.29, 0.717) is 0 Å². The van der Waals surface area contributed by atoms with Gasteiger partial charge >= 0.3 is 0 Å². The zero-order chi connectivity index (χ0) is 12.2. The van der Waals surface area contributed by atoms with Gasteiger partial charge in [-0.2, -0.15) is 0 Å². The minimum absolute atomic E-state index is 1.09. The average Bonchev–Trinajstić information content (AvgIpc) is 2.46. The van der Waals surface area contributed by atoms with Crippen LogP contribution in [-0.2, 0) is 6.42 Å². The first-order chi connectivity index (χ1) is 8.92. The molecule has 2 heterocycles. The molecule has 1 N–H and O–H groups in total. The molecule has 0 bridgehead atoms. The van der Waals surface area contributed by atoms with Crippen LogP contribution in [0, 0.1) is 0 Å². The maximum absolute atomic E-state index is 4.51. The maximum Gasteiger partial charge on any atom is 0.0702 e. The summed E-state index contributed by atoms with van der Waals surface area (Å²) in [7, 11) is 0. The number of piperazine rings is 1. The van der Waals surface area contributed by atoms with Crippen LogP contribution in [0.25, 0.3) is 10.9 Å². The molecule has 3 heteroatoms. The van der Waals surface area contributed by atoms with Crippen LogP contribution < -0.4 is 5.32 Å². The van der Waals surface area contributed by atoms with E-state index in [2.05, 4.69) is 39.5 Å². The van der Waals surface area contributed by atoms with Gasteiger partial charge in [0.25, 0.3) is 0 Å². The highest BCUT2D eigenvalue weighted by molar-refractivity contribution is 5.78. The molecule has 1 saturated heterocycles. The highest BCUT2D eigenvalue weighted by atomic mass is 15.2. The van der Waals surface area contributed by atoms with Crippen LogP contribution in [0.5, 0.6) is 0 Å². The molecule has 0 spiro atoms. The van der Waals surface area contributed by atoms with Gasteiger partial charge < -0.3 is 10.2 Å². The van der Waals surface area contributed by atoms with Gasteiger partial charge in [-0.15, -0.1) is 0 Å². The van der Waals surface area contributed by atoms with Crippen LogP contribution in [0.15, 0.2) is 36.5 Å². The highest BCUT2D eigenvalue weighted by Gasteiger charge is 2.09. The predicted octanol–water partition coefficient (Wildman–Crippen LogP) is 1.68. The topological polar surface area (TPSA) is 28.2 Å². The molecular weight excluding hydrogens is 222 g/mol. The van der Waals surface area contributed by atoms with Crippen molar-refractivity contribution in [1.29, 1.82) is 0 Å². The Morgan fingerprint density at radius 3 is 2.89 bits per heavy atom. The largest absolute Gasteiger partial charge is 0.314 e. The van der Waals surface area contributed by atoms with Crippen molar-refractivity contribution in [3.05, 3.63) is 42.1 Å². The van der Waals surface area contributed by atoms with Gasteiger partial charge in [0.2, 0.25) is 0 Å². The van der Waals surface area contributed by atoms with Crippen LogP contribution in [-0.4, -0.2) is 42.6 Å². The summed E-state index contributed by atoms with van der Waals surface area (Å²) in [4.78, 5) is 7.03. The van der Waals surface area contributed by atoms with Crippen molar-refractivity contribution in [2.75, 3.05) is 32.7 Å². The first-order valence-corrected chi connectivity index (χ1v) is 6.68. The first-order valence-electron chi connectivity index (χ1n) is 6.68. The van der Waals surface area contributed by atoms with E-state index < -0.39 is 0 Å². The molecule has 94 valence electrons. The molecule has 1 aromatic heterocycles. The van der Waals surface area contributed by atoms with E-state index in [-0.39, 0.29) is 0 Å². The third-order valence-corrected chi connectivity index (χ3v) is 3.57. The average molecular weight is 241 g/mol. The lowest BCUT2D eigenvalue weighted by Gasteiger charge is -2.27. The second-order valence-electron chi connectivity index (χ2n) is 4.88. The number of pyridine rings is 1. The van der Waals surface area contributed by atoms with E-state index in [1.165, 1.54) is 24.0 Å². The monoisotopic (exact) mass is 241 g/mol. The smallest absolute Gasteiger partial charge is 0.0702 e. The minimum atomic E-state index is 1.09. The number of para-hydroxylation sites is 1. The molecule has 3 nitrogen and oxygen atoms in total. The molecule has 0 amide bonds. The molecule has 0 aliphatic carbocycles. The lowest BCUT2D eigenvalue weighted by molar-refractivity contribution is 0.244. The Bertz CT molecular complexity index is 518. The fraction of sp³-hybridized carbons (Fsp3) is 0.400. The molecule has 0 saturated carbocycles. The maximum atomic E-state index is 4.51. The third-order valence-electron chi connectivity index (χ3n) is 3.57. The van der Waals surface area contributed by atoms with Crippen molar-refractivity contribution in [1.82, 2.24) is 15.2 Å². The van der Waals surface area contributed by atoms with Gasteiger partial charge in [0.15, 0.2) is 0 Å². The van der Waals surface area contributed by atoms with Crippen molar-refractivity contribution in [3.8, 4) is 0 Å². The number of fused-ring (bicyclic) bond motifs is 1. The van der Waals surface area contributed by atoms with Gasteiger partial charge in [0.1, 0.15) is 0 Å². The quantitative estimate of drug-likeness (QED) is 0.886. The molecule has 0 radical (unpaired) electrons. The van der Waals surface area contributed by atoms with E-state index >= 15 is 0 Å². The number of hydrogen-bond donors (Lipinski definition) is 1. The number of nitrogens with zero attached hydrogens (tertiary/aromatic N) is 2. The van der Waals surface area contributed by atoms with Crippen molar-refractivity contribution in [2.45, 2.75) is 6.42 Å². The fourth-order valence-electron chi connectivity index (χ4n) is 2.48. The lowest BCUT2D eigenvalue weighted by atomic mass is 10.1. The predicted molar refractivity (Wildman–Crippen MR) is 74.8 cm³/mol. The summed E-state index contributed by atoms with van der Waals surface area (Å²) < 4.78 is 0. The van der Waals surface area contributed by atoms with E-state index in [9.17, 15) is 0 Å². The van der Waals surface area contributed by atoms with Gasteiger partial charge in [0, 0.05) is 44.3 Å². The van der Waals surface area contributed by atoms with Gasteiger partial charge in [-0.25, -0.2) is 0 Å². The number of nitrogens with one attached hydrogen (secondary N) is 1. The summed E-state index contributed by atoms with van der Waals surface area (Å²) >= 11 is 0. The number of benzene rings is 1. The summed E-state index contributed by atoms with van der Waals surface area (Å²) in [6.07, 6.45) is 3.11. The van der Waals surface area contributed by atoms with E-state index in [1.54, 1.807) is 0 Å². The first kappa shape index (κ1) is 11.6. The minimum Gasteiger partial charge on any atom is -0.314 e. The van der Waals surface area contributed by atoms with Gasteiger partial charge in [-0.05, 0) is 24.1 Å². The fourth-order valence-corrected chi connectivity index (χ4v) is 2.48. The van der Waals surface area contributed by atoms with Crippen LogP contribution in [0.2, 0.25) is 0 Å². The van der Waals surface area contributed by atoms with Gasteiger partial charge in [0.05, 0.1) is 5.52 Å². The Hall–Kier alpha value is -1.45. The molecule has 1 aromatic carbocycles. The Morgan fingerprint density at radius 1 is 1.17 bits per heavy atom. The van der Waals surface area contributed by atoms with Crippen molar-refractivity contribution in [3.63, 3.8) is 0 Å². The molecule has 3 rings (SSSR count). The zero-order valence-electron chi connectivity index (χ0n) is 10.6. The Kier molecular flexibility index (Phi) is 3.53. The molecule has 18 heavy (non-hydrogen) atoms. The van der Waals surface area contributed by atoms with Crippen LogP contribution in [0.1, 0.15) is 5.56 Å². The van der Waals surface area contributed by atoms with Crippen LogP contribution in [0.3, 0.4) is 0 Å². The number of rotatable bonds is 3. The SMILES string of the molecule is c1ccc2ncc(CCN3CCNCC3)cc2c1. The normalized spacial score (nSPS) is 17.1. The Morgan fingerprint density at radius 2 is 2.00 bits per heavy atom. The summed E-state index contributed by atoms with van der Waals surface area (Å²) in [5, 5.41) is 4.63. The second kappa shape index (κ2) is 5.46. The van der Waals surface area contributed by atoms with Gasteiger partial charge in [-0.1, -0.05) is 18.2 Å². The third kappa shape index (κ3) is 2.68. The van der Waals surface area contributed by atoms with Crippen LogP contribution in [0.4, 0.5) is 0 Å².